The molecule has 0 aromatic heterocycles. The quantitative estimate of drug-likeness (QED) is 0.845. The van der Waals surface area contributed by atoms with Gasteiger partial charge in [0.1, 0.15) is 5.75 Å². The van der Waals surface area contributed by atoms with Crippen LogP contribution in [-0.2, 0) is 6.42 Å². The van der Waals surface area contributed by atoms with Gasteiger partial charge in [-0.3, -0.25) is 4.90 Å². The smallest absolute Gasteiger partial charge is 0.321 e. The highest BCUT2D eigenvalue weighted by atomic mass is 35.5. The van der Waals surface area contributed by atoms with Crippen LogP contribution in [0.1, 0.15) is 12.0 Å². The zero-order chi connectivity index (χ0) is 16.1. The molecule has 2 aromatic carbocycles. The highest BCUT2D eigenvalue weighted by molar-refractivity contribution is 6.32. The van der Waals surface area contributed by atoms with Crippen LogP contribution in [0.5, 0.6) is 5.75 Å². The van der Waals surface area contributed by atoms with Gasteiger partial charge in [-0.25, -0.2) is 4.79 Å². The van der Waals surface area contributed by atoms with E-state index in [1.54, 1.807) is 11.0 Å². The summed E-state index contributed by atoms with van der Waals surface area (Å²) in [7, 11) is 0. The third-order valence-electron chi connectivity index (χ3n) is 3.82. The lowest BCUT2D eigenvalue weighted by Gasteiger charge is -2.18. The minimum absolute atomic E-state index is 0.0484. The van der Waals surface area contributed by atoms with E-state index >= 15 is 0 Å². The van der Waals surface area contributed by atoms with Gasteiger partial charge < -0.3 is 10.1 Å². The Balaban J connectivity index is 1.41. The van der Waals surface area contributed by atoms with Gasteiger partial charge in [0.2, 0.25) is 0 Å². The third kappa shape index (κ3) is 3.77. The van der Waals surface area contributed by atoms with Gasteiger partial charge in [0, 0.05) is 18.8 Å². The van der Waals surface area contributed by atoms with Crippen molar-refractivity contribution in [2.45, 2.75) is 12.8 Å². The van der Waals surface area contributed by atoms with Gasteiger partial charge in [0.15, 0.2) is 0 Å². The Labute approximate surface area is 141 Å². The van der Waals surface area contributed by atoms with Crippen LogP contribution in [-0.4, -0.2) is 25.7 Å². The first-order valence-electron chi connectivity index (χ1n) is 7.76. The summed E-state index contributed by atoms with van der Waals surface area (Å²) in [6.07, 6.45) is 1.64. The number of rotatable bonds is 5. The molecule has 1 aliphatic rings. The first-order chi connectivity index (χ1) is 11.3. The Morgan fingerprint density at radius 3 is 2.83 bits per heavy atom. The fourth-order valence-electron chi connectivity index (χ4n) is 2.66. The molecular weight excluding hydrogens is 312 g/mol. The van der Waals surface area contributed by atoms with Gasteiger partial charge in [-0.2, -0.15) is 0 Å². The fraction of sp³-hybridized carbons (Fsp3) is 0.278. The van der Waals surface area contributed by atoms with Crippen molar-refractivity contribution in [2.24, 2.45) is 0 Å². The van der Waals surface area contributed by atoms with Crippen LogP contribution in [0, 0.1) is 0 Å². The largest absolute Gasteiger partial charge is 0.492 e. The Morgan fingerprint density at radius 2 is 1.96 bits per heavy atom. The molecule has 3 rings (SSSR count). The van der Waals surface area contributed by atoms with Gasteiger partial charge in [0.05, 0.1) is 11.6 Å². The first-order valence-corrected chi connectivity index (χ1v) is 8.14. The van der Waals surface area contributed by atoms with Gasteiger partial charge in [-0.1, -0.05) is 41.9 Å². The van der Waals surface area contributed by atoms with E-state index in [2.05, 4.69) is 11.4 Å². The van der Waals surface area contributed by atoms with Crippen LogP contribution in [0.3, 0.4) is 0 Å². The molecule has 0 fully saturated rings. The summed E-state index contributed by atoms with van der Waals surface area (Å²) in [4.78, 5) is 14.0. The molecular formula is C18H19ClN2O2. The highest BCUT2D eigenvalue weighted by Gasteiger charge is 2.23. The second kappa shape index (κ2) is 7.38. The van der Waals surface area contributed by atoms with E-state index in [9.17, 15) is 4.79 Å². The van der Waals surface area contributed by atoms with E-state index in [1.807, 2.05) is 36.4 Å². The second-order valence-electron chi connectivity index (χ2n) is 5.39. The molecule has 1 heterocycles. The summed E-state index contributed by atoms with van der Waals surface area (Å²) < 4.78 is 5.60. The number of urea groups is 1. The lowest BCUT2D eigenvalue weighted by atomic mass is 10.2. The SMILES string of the molecule is O=C(NCCCOc1ccccc1Cl)N1CCc2ccccc21. The highest BCUT2D eigenvalue weighted by Crippen LogP contribution is 2.27. The minimum Gasteiger partial charge on any atom is -0.492 e. The zero-order valence-electron chi connectivity index (χ0n) is 12.8. The van der Waals surface area contributed by atoms with Crippen molar-refractivity contribution in [2.75, 3.05) is 24.6 Å². The molecule has 0 atom stereocenters. The molecule has 1 N–H and O–H groups in total. The first kappa shape index (κ1) is 15.7. The average molecular weight is 331 g/mol. The van der Waals surface area contributed by atoms with Gasteiger partial charge >= 0.3 is 6.03 Å². The van der Waals surface area contributed by atoms with Crippen molar-refractivity contribution in [3.8, 4) is 5.75 Å². The average Bonchev–Trinajstić information content (AvgIpc) is 3.00. The van der Waals surface area contributed by atoms with E-state index in [0.717, 1.165) is 25.1 Å². The number of carbonyl (C=O) groups is 1. The number of amides is 2. The topological polar surface area (TPSA) is 41.6 Å². The number of halogens is 1. The number of nitrogens with zero attached hydrogens (tertiary/aromatic N) is 1. The van der Waals surface area contributed by atoms with Gasteiger partial charge in [-0.05, 0) is 36.6 Å². The summed E-state index contributed by atoms with van der Waals surface area (Å²) in [6, 6.07) is 15.4. The van der Waals surface area contributed by atoms with E-state index in [-0.39, 0.29) is 6.03 Å². The molecule has 4 nitrogen and oxygen atoms in total. The maximum Gasteiger partial charge on any atom is 0.321 e. The number of fused-ring (bicyclic) bond motifs is 1. The van der Waals surface area contributed by atoms with Crippen molar-refractivity contribution in [1.29, 1.82) is 0 Å². The maximum atomic E-state index is 12.2. The van der Waals surface area contributed by atoms with Crippen molar-refractivity contribution in [3.63, 3.8) is 0 Å². The lowest BCUT2D eigenvalue weighted by Crippen LogP contribution is -2.39. The number of benzene rings is 2. The number of hydrogen-bond acceptors (Lipinski definition) is 2. The standard InChI is InChI=1S/C18H19ClN2O2/c19-15-7-2-4-9-17(15)23-13-5-11-20-18(22)21-12-10-14-6-1-3-8-16(14)21/h1-4,6-9H,5,10-13H2,(H,20,22). The van der Waals surface area contributed by atoms with Crippen molar-refractivity contribution < 1.29 is 9.53 Å². The Kier molecular flexibility index (Phi) is 5.03. The monoisotopic (exact) mass is 330 g/mol. The molecule has 0 bridgehead atoms. The van der Waals surface area contributed by atoms with Crippen molar-refractivity contribution >= 4 is 23.3 Å². The number of carbonyl (C=O) groups excluding carboxylic acids is 1. The van der Waals surface area contributed by atoms with Gasteiger partial charge in [-0.15, -0.1) is 0 Å². The molecule has 1 aliphatic heterocycles. The van der Waals surface area contributed by atoms with Gasteiger partial charge in [0.25, 0.3) is 0 Å². The Hall–Kier alpha value is -2.20. The van der Waals surface area contributed by atoms with Crippen LogP contribution < -0.4 is 15.0 Å². The summed E-state index contributed by atoms with van der Waals surface area (Å²) >= 11 is 6.02. The lowest BCUT2D eigenvalue weighted by molar-refractivity contribution is 0.245. The fourth-order valence-corrected chi connectivity index (χ4v) is 2.85. The summed E-state index contributed by atoms with van der Waals surface area (Å²) in [5.74, 6) is 0.675. The van der Waals surface area contributed by atoms with Crippen LogP contribution in [0.15, 0.2) is 48.5 Å². The molecule has 0 radical (unpaired) electrons. The minimum atomic E-state index is -0.0484. The molecule has 0 unspecified atom stereocenters. The number of ether oxygens (including phenoxy) is 1. The maximum absolute atomic E-state index is 12.2. The summed E-state index contributed by atoms with van der Waals surface area (Å²) in [6.45, 7) is 1.82. The van der Waals surface area contributed by atoms with Crippen molar-refractivity contribution in [1.82, 2.24) is 5.32 Å². The molecule has 0 saturated heterocycles. The predicted octanol–water partition coefficient (Wildman–Crippen LogP) is 3.88. The molecule has 0 aliphatic carbocycles. The normalized spacial score (nSPS) is 12.8. The van der Waals surface area contributed by atoms with E-state index < -0.39 is 0 Å². The third-order valence-corrected chi connectivity index (χ3v) is 4.14. The second-order valence-corrected chi connectivity index (χ2v) is 5.80. The molecule has 2 aromatic rings. The predicted molar refractivity (Wildman–Crippen MR) is 92.5 cm³/mol. The number of anilines is 1. The van der Waals surface area contributed by atoms with Crippen LogP contribution >= 0.6 is 11.6 Å². The van der Waals surface area contributed by atoms with Crippen LogP contribution in [0.2, 0.25) is 5.02 Å². The molecule has 0 saturated carbocycles. The molecule has 5 heteroatoms. The molecule has 23 heavy (non-hydrogen) atoms. The zero-order valence-corrected chi connectivity index (χ0v) is 13.6. The molecule has 0 spiro atoms. The van der Waals surface area contributed by atoms with E-state index in [1.165, 1.54) is 5.56 Å². The number of nitrogens with one attached hydrogen (secondary N) is 1. The van der Waals surface area contributed by atoms with Crippen molar-refractivity contribution in [3.05, 3.63) is 59.1 Å². The summed E-state index contributed by atoms with van der Waals surface area (Å²) in [5, 5.41) is 3.54. The van der Waals surface area contributed by atoms with E-state index in [0.29, 0.717) is 23.9 Å². The van der Waals surface area contributed by atoms with Crippen LogP contribution in [0.25, 0.3) is 0 Å². The Bertz CT molecular complexity index is 690. The number of hydrogen-bond donors (Lipinski definition) is 1. The summed E-state index contributed by atoms with van der Waals surface area (Å²) in [5.41, 5.74) is 2.24. The molecule has 120 valence electrons. The molecule has 2 amide bonds. The van der Waals surface area contributed by atoms with E-state index in [4.69, 9.17) is 16.3 Å². The number of para-hydroxylation sites is 2. The van der Waals surface area contributed by atoms with Crippen LogP contribution in [0.4, 0.5) is 10.5 Å². The Morgan fingerprint density at radius 1 is 1.17 bits per heavy atom.